The molecule has 0 saturated heterocycles. The van der Waals surface area contributed by atoms with E-state index in [1.807, 2.05) is 31.2 Å². The van der Waals surface area contributed by atoms with Gasteiger partial charge in [-0.1, -0.05) is 40.2 Å². The number of hydrogen-bond donors (Lipinski definition) is 0. The minimum absolute atomic E-state index is 0.259. The molecule has 3 heteroatoms. The number of benzene rings is 2. The maximum absolute atomic E-state index is 13.5. The molecule has 0 amide bonds. The molecule has 0 aromatic heterocycles. The van der Waals surface area contributed by atoms with Crippen molar-refractivity contribution < 1.29 is 8.78 Å². The van der Waals surface area contributed by atoms with E-state index in [9.17, 15) is 8.78 Å². The van der Waals surface area contributed by atoms with Gasteiger partial charge in [-0.25, -0.2) is 8.78 Å². The Morgan fingerprint density at radius 3 is 2.18 bits per heavy atom. The van der Waals surface area contributed by atoms with E-state index in [1.54, 1.807) is 0 Å². The lowest BCUT2D eigenvalue weighted by atomic mass is 10.0. The molecule has 0 bridgehead atoms. The van der Waals surface area contributed by atoms with Gasteiger partial charge >= 0.3 is 0 Å². The highest BCUT2D eigenvalue weighted by Crippen LogP contribution is 2.27. The van der Waals surface area contributed by atoms with Gasteiger partial charge in [0.15, 0.2) is 0 Å². The third kappa shape index (κ3) is 2.72. The molecule has 0 aliphatic rings. The quantitative estimate of drug-likeness (QED) is 0.677. The third-order valence-electron chi connectivity index (χ3n) is 2.61. The number of alkyl halides is 1. The van der Waals surface area contributed by atoms with Crippen LogP contribution in [0.25, 0.3) is 11.1 Å². The van der Waals surface area contributed by atoms with Crippen molar-refractivity contribution in [3.63, 3.8) is 0 Å². The molecule has 2 aromatic rings. The second-order valence-corrected chi connectivity index (χ2v) is 5.24. The summed E-state index contributed by atoms with van der Waals surface area (Å²) in [7, 11) is 0. The Labute approximate surface area is 107 Å². The molecular formula is C14H11BrF2. The first-order chi connectivity index (χ1) is 8.08. The first-order valence-electron chi connectivity index (χ1n) is 5.27. The number of rotatable bonds is 2. The van der Waals surface area contributed by atoms with Crippen molar-refractivity contribution in [1.82, 2.24) is 0 Å². The Hall–Kier alpha value is -1.22. The van der Waals surface area contributed by atoms with Crippen LogP contribution in [0.15, 0.2) is 42.5 Å². The second kappa shape index (κ2) is 4.96. The SMILES string of the molecule is CC(Br)c1ccc(-c2ccc(F)cc2F)cc1. The summed E-state index contributed by atoms with van der Waals surface area (Å²) in [6, 6.07) is 11.1. The van der Waals surface area contributed by atoms with Gasteiger partial charge in [0, 0.05) is 16.5 Å². The maximum Gasteiger partial charge on any atom is 0.133 e. The van der Waals surface area contributed by atoms with Crippen LogP contribution in [-0.2, 0) is 0 Å². The molecule has 0 spiro atoms. The summed E-state index contributed by atoms with van der Waals surface area (Å²) in [5.41, 5.74) is 2.29. The molecule has 0 heterocycles. The predicted octanol–water partition coefficient (Wildman–Crippen LogP) is 5.09. The molecule has 2 aromatic carbocycles. The molecule has 0 aliphatic heterocycles. The van der Waals surface area contributed by atoms with Gasteiger partial charge < -0.3 is 0 Å². The number of hydrogen-bond acceptors (Lipinski definition) is 0. The zero-order valence-corrected chi connectivity index (χ0v) is 10.8. The van der Waals surface area contributed by atoms with Crippen molar-refractivity contribution >= 4 is 15.9 Å². The van der Waals surface area contributed by atoms with Gasteiger partial charge in [-0.3, -0.25) is 0 Å². The van der Waals surface area contributed by atoms with E-state index in [0.29, 0.717) is 5.56 Å². The standard InChI is InChI=1S/C14H11BrF2/c1-9(15)10-2-4-11(5-3-10)13-7-6-12(16)8-14(13)17/h2-9H,1H3. The summed E-state index contributed by atoms with van der Waals surface area (Å²) in [4.78, 5) is 0.259. The normalized spacial score (nSPS) is 12.5. The van der Waals surface area contributed by atoms with Gasteiger partial charge in [-0.2, -0.15) is 0 Å². The predicted molar refractivity (Wildman–Crippen MR) is 69.1 cm³/mol. The number of halogens is 3. The van der Waals surface area contributed by atoms with E-state index in [4.69, 9.17) is 0 Å². The molecule has 88 valence electrons. The summed E-state index contributed by atoms with van der Waals surface area (Å²) in [6.07, 6.45) is 0. The zero-order valence-electron chi connectivity index (χ0n) is 9.25. The molecule has 0 fully saturated rings. The lowest BCUT2D eigenvalue weighted by molar-refractivity contribution is 0.585. The Bertz CT molecular complexity index is 518. The van der Waals surface area contributed by atoms with E-state index >= 15 is 0 Å². The van der Waals surface area contributed by atoms with Gasteiger partial charge in [-0.05, 0) is 30.2 Å². The first-order valence-corrected chi connectivity index (χ1v) is 6.19. The Morgan fingerprint density at radius 2 is 1.65 bits per heavy atom. The molecule has 0 aliphatic carbocycles. The Kier molecular flexibility index (Phi) is 3.57. The zero-order chi connectivity index (χ0) is 12.4. The molecular weight excluding hydrogens is 286 g/mol. The fourth-order valence-electron chi connectivity index (χ4n) is 1.65. The van der Waals surface area contributed by atoms with Crippen molar-refractivity contribution in [3.05, 3.63) is 59.7 Å². The topological polar surface area (TPSA) is 0 Å². The van der Waals surface area contributed by atoms with Gasteiger partial charge in [0.1, 0.15) is 11.6 Å². The van der Waals surface area contributed by atoms with E-state index in [0.717, 1.165) is 17.2 Å². The molecule has 0 radical (unpaired) electrons. The Balaban J connectivity index is 2.40. The smallest absolute Gasteiger partial charge is 0.133 e. The summed E-state index contributed by atoms with van der Waals surface area (Å²) in [5.74, 6) is -1.10. The van der Waals surface area contributed by atoms with Crippen molar-refractivity contribution in [3.8, 4) is 11.1 Å². The van der Waals surface area contributed by atoms with Crippen molar-refractivity contribution in [2.45, 2.75) is 11.8 Å². The highest BCUT2D eigenvalue weighted by atomic mass is 79.9. The van der Waals surface area contributed by atoms with Gasteiger partial charge in [-0.15, -0.1) is 0 Å². The average molecular weight is 297 g/mol. The first kappa shape index (κ1) is 12.2. The highest BCUT2D eigenvalue weighted by Gasteiger charge is 2.07. The molecule has 1 unspecified atom stereocenters. The Morgan fingerprint density at radius 1 is 1.00 bits per heavy atom. The van der Waals surface area contributed by atoms with Gasteiger partial charge in [0.2, 0.25) is 0 Å². The lowest BCUT2D eigenvalue weighted by Gasteiger charge is -2.07. The monoisotopic (exact) mass is 296 g/mol. The highest BCUT2D eigenvalue weighted by molar-refractivity contribution is 9.09. The fourth-order valence-corrected chi connectivity index (χ4v) is 1.96. The van der Waals surface area contributed by atoms with Crippen LogP contribution in [0.4, 0.5) is 8.78 Å². The molecule has 1 atom stereocenters. The summed E-state index contributed by atoms with van der Waals surface area (Å²) in [5, 5.41) is 0. The summed E-state index contributed by atoms with van der Waals surface area (Å²) < 4.78 is 26.3. The minimum Gasteiger partial charge on any atom is -0.207 e. The van der Waals surface area contributed by atoms with Crippen molar-refractivity contribution in [1.29, 1.82) is 0 Å². The molecule has 0 saturated carbocycles. The second-order valence-electron chi connectivity index (χ2n) is 3.86. The van der Waals surface area contributed by atoms with Crippen LogP contribution in [0.2, 0.25) is 0 Å². The largest absolute Gasteiger partial charge is 0.207 e. The molecule has 17 heavy (non-hydrogen) atoms. The van der Waals surface area contributed by atoms with Crippen LogP contribution in [-0.4, -0.2) is 0 Å². The van der Waals surface area contributed by atoms with E-state index in [2.05, 4.69) is 15.9 Å². The average Bonchev–Trinajstić information content (AvgIpc) is 2.29. The van der Waals surface area contributed by atoms with E-state index < -0.39 is 11.6 Å². The van der Waals surface area contributed by atoms with Crippen molar-refractivity contribution in [2.75, 3.05) is 0 Å². The van der Waals surface area contributed by atoms with Crippen LogP contribution in [0.3, 0.4) is 0 Å². The van der Waals surface area contributed by atoms with E-state index in [1.165, 1.54) is 12.1 Å². The summed E-state index contributed by atoms with van der Waals surface area (Å²) >= 11 is 3.46. The third-order valence-corrected chi connectivity index (χ3v) is 3.14. The van der Waals surface area contributed by atoms with Gasteiger partial charge in [0.25, 0.3) is 0 Å². The molecule has 0 N–H and O–H groups in total. The summed E-state index contributed by atoms with van der Waals surface area (Å²) in [6.45, 7) is 2.02. The fraction of sp³-hybridized carbons (Fsp3) is 0.143. The minimum atomic E-state index is -0.558. The molecule has 0 nitrogen and oxygen atoms in total. The molecule has 2 rings (SSSR count). The van der Waals surface area contributed by atoms with Crippen LogP contribution in [0, 0.1) is 11.6 Å². The van der Waals surface area contributed by atoms with Crippen molar-refractivity contribution in [2.24, 2.45) is 0 Å². The van der Waals surface area contributed by atoms with Crippen LogP contribution >= 0.6 is 15.9 Å². The van der Waals surface area contributed by atoms with E-state index in [-0.39, 0.29) is 4.83 Å². The van der Waals surface area contributed by atoms with Crippen LogP contribution < -0.4 is 0 Å². The van der Waals surface area contributed by atoms with Crippen LogP contribution in [0.1, 0.15) is 17.3 Å². The van der Waals surface area contributed by atoms with Gasteiger partial charge in [0.05, 0.1) is 0 Å². The maximum atomic E-state index is 13.5. The van der Waals surface area contributed by atoms with Crippen LogP contribution in [0.5, 0.6) is 0 Å². The lowest BCUT2D eigenvalue weighted by Crippen LogP contribution is -1.88.